The lowest BCUT2D eigenvalue weighted by molar-refractivity contribution is -0.230. The van der Waals surface area contributed by atoms with Crippen LogP contribution in [0.3, 0.4) is 0 Å². The molecule has 1 aromatic heterocycles. The summed E-state index contributed by atoms with van der Waals surface area (Å²) < 4.78 is 44.1. The first-order valence-corrected chi connectivity index (χ1v) is 12.9. The van der Waals surface area contributed by atoms with Gasteiger partial charge < -0.3 is 14.6 Å². The fraction of sp³-hybridized carbons (Fsp3) is 0.615. The molecule has 36 heavy (non-hydrogen) atoms. The second kappa shape index (κ2) is 8.02. The molecule has 4 aliphatic carbocycles. The van der Waals surface area contributed by atoms with Crippen LogP contribution in [0.4, 0.5) is 8.78 Å². The molecule has 5 rings (SSSR count). The van der Waals surface area contributed by atoms with Crippen molar-refractivity contribution in [2.24, 2.45) is 28.6 Å². The van der Waals surface area contributed by atoms with E-state index in [0.29, 0.717) is 0 Å². The van der Waals surface area contributed by atoms with Crippen molar-refractivity contribution in [3.8, 4) is 0 Å². The summed E-state index contributed by atoms with van der Waals surface area (Å²) in [5.41, 5.74) is -5.41. The molecular formula is C26H29F2NO6S. The fourth-order valence-corrected chi connectivity index (χ4v) is 8.38. The highest BCUT2D eigenvalue weighted by molar-refractivity contribution is 7.11. The van der Waals surface area contributed by atoms with E-state index in [4.69, 9.17) is 9.47 Å². The van der Waals surface area contributed by atoms with Crippen LogP contribution in [0.1, 0.15) is 49.7 Å². The number of methoxy groups -OCH3 is 1. The molecule has 0 radical (unpaired) electrons. The van der Waals surface area contributed by atoms with Crippen molar-refractivity contribution in [2.75, 3.05) is 7.11 Å². The number of fused-ring (bicyclic) bond motifs is 5. The molecule has 1 heterocycles. The van der Waals surface area contributed by atoms with Gasteiger partial charge in [0.25, 0.3) is 0 Å². The van der Waals surface area contributed by atoms with E-state index in [2.05, 4.69) is 4.98 Å². The topological polar surface area (TPSA) is 103 Å². The van der Waals surface area contributed by atoms with Gasteiger partial charge in [0, 0.05) is 22.7 Å². The average Bonchev–Trinajstić information content (AvgIpc) is 3.44. The SMILES string of the molecule is COC(=O)[C@@]1(OC(=O)c2cncs2)[C@H](C)C[C@H]2[C@@H]3C[C@H](F)C4=CC(=O)C=C[C@]4(C)[C@@]3(F)[C@@H](O)C[C@@]21C. The minimum Gasteiger partial charge on any atom is -0.466 e. The molecule has 0 bridgehead atoms. The maximum atomic E-state index is 17.3. The molecular weight excluding hydrogens is 492 g/mol. The number of ketones is 1. The van der Waals surface area contributed by atoms with Crippen LogP contribution >= 0.6 is 11.3 Å². The maximum absolute atomic E-state index is 17.3. The standard InChI is InChI=1S/C26H29F2NO6S/c1-13-7-15-16-9-18(27)17-8-14(30)5-6-23(17,2)25(16,28)20(31)10-24(15,3)26(13,22(33)34-4)35-21(32)19-11-29-12-36-19/h5-6,8,11-13,15-16,18,20,31H,7,9-10H2,1-4H3/t13-,15+,16+,18+,20+,23+,24+,25+,26+/m1/s1. The number of hydrogen-bond donors (Lipinski definition) is 1. The Morgan fingerprint density at radius 3 is 2.61 bits per heavy atom. The summed E-state index contributed by atoms with van der Waals surface area (Å²) in [5.74, 6) is -4.19. The molecule has 0 saturated heterocycles. The first-order chi connectivity index (χ1) is 16.9. The molecule has 0 aromatic carbocycles. The molecule has 0 aliphatic heterocycles. The van der Waals surface area contributed by atoms with Gasteiger partial charge in [0.1, 0.15) is 11.0 Å². The Bertz CT molecular complexity index is 1190. The zero-order valence-electron chi connectivity index (χ0n) is 20.5. The zero-order chi connectivity index (χ0) is 26.3. The average molecular weight is 522 g/mol. The van der Waals surface area contributed by atoms with Crippen LogP contribution < -0.4 is 0 Å². The van der Waals surface area contributed by atoms with Crippen molar-refractivity contribution in [1.82, 2.24) is 4.98 Å². The number of alkyl halides is 2. The van der Waals surface area contributed by atoms with Gasteiger partial charge in [-0.05, 0) is 49.8 Å². The predicted molar refractivity (Wildman–Crippen MR) is 125 cm³/mol. The monoisotopic (exact) mass is 521 g/mol. The second-order valence-corrected chi connectivity index (χ2v) is 11.9. The predicted octanol–water partition coefficient (Wildman–Crippen LogP) is 3.78. The Morgan fingerprint density at radius 2 is 1.97 bits per heavy atom. The Labute approximate surface area is 211 Å². The van der Waals surface area contributed by atoms with Gasteiger partial charge in [-0.2, -0.15) is 0 Å². The number of aliphatic hydroxyl groups is 1. The smallest absolute Gasteiger partial charge is 0.351 e. The fourth-order valence-electron chi connectivity index (χ4n) is 7.88. The van der Waals surface area contributed by atoms with E-state index in [1.165, 1.54) is 37.9 Å². The number of thiazole rings is 1. The highest BCUT2D eigenvalue weighted by Gasteiger charge is 2.78. The first-order valence-electron chi connectivity index (χ1n) is 12.0. The number of carbonyl (C=O) groups excluding carboxylic acids is 3. The first kappa shape index (κ1) is 25.2. The van der Waals surface area contributed by atoms with E-state index < -0.39 is 69.9 Å². The molecule has 0 unspecified atom stereocenters. The van der Waals surface area contributed by atoms with Crippen molar-refractivity contribution in [3.05, 3.63) is 40.4 Å². The Hall–Kier alpha value is -2.46. The molecule has 3 saturated carbocycles. The normalized spacial score (nSPS) is 45.2. The molecule has 1 N–H and O–H groups in total. The number of halogens is 2. The van der Waals surface area contributed by atoms with Crippen LogP contribution in [0, 0.1) is 28.6 Å². The summed E-state index contributed by atoms with van der Waals surface area (Å²) in [6.45, 7) is 4.94. The molecule has 7 nitrogen and oxygen atoms in total. The van der Waals surface area contributed by atoms with E-state index in [9.17, 15) is 19.5 Å². The number of aromatic nitrogens is 1. The lowest BCUT2D eigenvalue weighted by Gasteiger charge is -2.63. The van der Waals surface area contributed by atoms with Crippen molar-refractivity contribution < 1.29 is 37.7 Å². The molecule has 194 valence electrons. The van der Waals surface area contributed by atoms with E-state index in [-0.39, 0.29) is 29.7 Å². The third kappa shape index (κ3) is 2.91. The van der Waals surface area contributed by atoms with Crippen LogP contribution in [0.5, 0.6) is 0 Å². The van der Waals surface area contributed by atoms with E-state index in [0.717, 1.165) is 17.4 Å². The minimum atomic E-state index is -2.30. The summed E-state index contributed by atoms with van der Waals surface area (Å²) >= 11 is 1.05. The highest BCUT2D eigenvalue weighted by atomic mass is 32.1. The third-order valence-electron chi connectivity index (χ3n) is 9.54. The molecule has 4 aliphatic rings. The number of carbonyl (C=O) groups is 3. The number of allylic oxidation sites excluding steroid dienone is 4. The summed E-state index contributed by atoms with van der Waals surface area (Å²) in [6.07, 6.45) is 1.60. The van der Waals surface area contributed by atoms with Crippen LogP contribution in [0.15, 0.2) is 35.5 Å². The Morgan fingerprint density at radius 1 is 1.25 bits per heavy atom. The van der Waals surface area contributed by atoms with Gasteiger partial charge in [-0.1, -0.05) is 19.9 Å². The maximum Gasteiger partial charge on any atom is 0.351 e. The van der Waals surface area contributed by atoms with Crippen LogP contribution in [-0.2, 0) is 19.1 Å². The number of esters is 2. The zero-order valence-corrected chi connectivity index (χ0v) is 21.3. The van der Waals surface area contributed by atoms with E-state index in [1.807, 2.05) is 0 Å². The lowest BCUT2D eigenvalue weighted by atomic mass is 9.44. The highest BCUT2D eigenvalue weighted by Crippen LogP contribution is 2.71. The summed E-state index contributed by atoms with van der Waals surface area (Å²) in [5, 5.41) is 11.5. The van der Waals surface area contributed by atoms with Crippen LogP contribution in [-0.4, -0.2) is 58.5 Å². The van der Waals surface area contributed by atoms with Crippen molar-refractivity contribution in [1.29, 1.82) is 0 Å². The van der Waals surface area contributed by atoms with Crippen molar-refractivity contribution in [3.63, 3.8) is 0 Å². The molecule has 0 spiro atoms. The van der Waals surface area contributed by atoms with Gasteiger partial charge in [-0.15, -0.1) is 11.3 Å². The molecule has 3 fully saturated rings. The van der Waals surface area contributed by atoms with Crippen molar-refractivity contribution in [2.45, 2.75) is 63.6 Å². The molecule has 9 atom stereocenters. The summed E-state index contributed by atoms with van der Waals surface area (Å²) in [4.78, 5) is 42.6. The van der Waals surface area contributed by atoms with Gasteiger partial charge in [0.05, 0.1) is 24.9 Å². The van der Waals surface area contributed by atoms with E-state index in [1.54, 1.807) is 13.8 Å². The number of hydrogen-bond acceptors (Lipinski definition) is 8. The third-order valence-corrected chi connectivity index (χ3v) is 10.3. The van der Waals surface area contributed by atoms with Crippen LogP contribution in [0.2, 0.25) is 0 Å². The minimum absolute atomic E-state index is 0.0262. The van der Waals surface area contributed by atoms with Gasteiger partial charge in [0.15, 0.2) is 11.5 Å². The van der Waals surface area contributed by atoms with E-state index >= 15 is 8.78 Å². The second-order valence-electron chi connectivity index (χ2n) is 11.0. The number of aliphatic hydroxyl groups excluding tert-OH is 1. The largest absolute Gasteiger partial charge is 0.466 e. The van der Waals surface area contributed by atoms with Crippen molar-refractivity contribution >= 4 is 29.1 Å². The number of rotatable bonds is 3. The number of ether oxygens (including phenoxy) is 2. The molecule has 0 amide bonds. The Balaban J connectivity index is 1.64. The molecule has 10 heteroatoms. The summed E-state index contributed by atoms with van der Waals surface area (Å²) in [6, 6.07) is 0. The van der Waals surface area contributed by atoms with Gasteiger partial charge in [-0.3, -0.25) is 9.78 Å². The van der Waals surface area contributed by atoms with Gasteiger partial charge in [0.2, 0.25) is 5.60 Å². The quantitative estimate of drug-likeness (QED) is 0.604. The van der Waals surface area contributed by atoms with Gasteiger partial charge in [-0.25, -0.2) is 18.4 Å². The molecule has 1 aromatic rings. The lowest BCUT2D eigenvalue weighted by Crippen LogP contribution is -2.71. The van der Waals surface area contributed by atoms with Crippen LogP contribution in [0.25, 0.3) is 0 Å². The van der Waals surface area contributed by atoms with Gasteiger partial charge >= 0.3 is 11.9 Å². The Kier molecular flexibility index (Phi) is 5.61. The summed E-state index contributed by atoms with van der Waals surface area (Å²) in [7, 11) is 1.19. The number of nitrogens with zero attached hydrogens (tertiary/aromatic N) is 1.